The maximum Gasteiger partial charge on any atom is 0.319 e. The van der Waals surface area contributed by atoms with Crippen LogP contribution in [0.1, 0.15) is 94.8 Å². The fourth-order valence-electron chi connectivity index (χ4n) is 7.86. The molecule has 8 nitrogen and oxygen atoms in total. The summed E-state index contributed by atoms with van der Waals surface area (Å²) in [5.41, 5.74) is 2.14. The van der Waals surface area contributed by atoms with Crippen LogP contribution in [-0.2, 0) is 4.79 Å². The van der Waals surface area contributed by atoms with Crippen molar-refractivity contribution in [3.63, 3.8) is 0 Å². The summed E-state index contributed by atoms with van der Waals surface area (Å²) in [6.07, 6.45) is 9.90. The molecule has 9 heteroatoms. The average molecular weight is 503 g/mol. The lowest BCUT2D eigenvalue weighted by atomic mass is 9.43. The van der Waals surface area contributed by atoms with Gasteiger partial charge in [-0.1, -0.05) is 26.7 Å². The summed E-state index contributed by atoms with van der Waals surface area (Å²) in [6.45, 7) is 5.12. The Morgan fingerprint density at radius 2 is 1.69 bits per heavy atom. The van der Waals surface area contributed by atoms with Gasteiger partial charge in [0.05, 0.1) is 5.69 Å². The van der Waals surface area contributed by atoms with E-state index < -0.39 is 17.8 Å². The third-order valence-corrected chi connectivity index (χ3v) is 8.23. The first-order chi connectivity index (χ1) is 17.0. The number of hydroxylamine groups is 1. The van der Waals surface area contributed by atoms with Crippen molar-refractivity contribution < 1.29 is 24.0 Å². The maximum absolute atomic E-state index is 14.7. The SMILES string of the molecule is CC12CC3CC(C)(C1)CC(NC(=O)Nc1ccc(C(=O)NCCCCCCC(=O)NO)cc1F)(C3)C2. The van der Waals surface area contributed by atoms with Crippen molar-refractivity contribution in [2.24, 2.45) is 16.7 Å². The zero-order valence-corrected chi connectivity index (χ0v) is 21.3. The van der Waals surface area contributed by atoms with E-state index >= 15 is 0 Å². The number of anilines is 1. The predicted octanol–water partition coefficient (Wildman–Crippen LogP) is 4.88. The fourth-order valence-corrected chi connectivity index (χ4v) is 7.86. The molecular weight excluding hydrogens is 463 g/mol. The van der Waals surface area contributed by atoms with Crippen molar-refractivity contribution in [1.29, 1.82) is 0 Å². The first-order valence-corrected chi connectivity index (χ1v) is 13.1. The molecule has 2 atom stereocenters. The van der Waals surface area contributed by atoms with Crippen LogP contribution in [0, 0.1) is 22.6 Å². The van der Waals surface area contributed by atoms with Gasteiger partial charge in [0.25, 0.3) is 5.91 Å². The van der Waals surface area contributed by atoms with Gasteiger partial charge in [0.2, 0.25) is 5.91 Å². The molecule has 0 heterocycles. The van der Waals surface area contributed by atoms with Crippen LogP contribution < -0.4 is 21.4 Å². The van der Waals surface area contributed by atoms with Gasteiger partial charge in [-0.3, -0.25) is 14.8 Å². The fraction of sp³-hybridized carbons (Fsp3) is 0.667. The highest BCUT2D eigenvalue weighted by Gasteiger charge is 2.60. The lowest BCUT2D eigenvalue weighted by molar-refractivity contribution is -0.129. The van der Waals surface area contributed by atoms with E-state index in [9.17, 15) is 18.8 Å². The average Bonchev–Trinajstić information content (AvgIpc) is 2.76. The Kier molecular flexibility index (Phi) is 7.59. The highest BCUT2D eigenvalue weighted by Crippen LogP contribution is 2.66. The largest absolute Gasteiger partial charge is 0.352 e. The molecule has 0 aliphatic heterocycles. The molecule has 0 spiro atoms. The first-order valence-electron chi connectivity index (χ1n) is 13.1. The number of carbonyl (C=O) groups excluding carboxylic acids is 3. The van der Waals surface area contributed by atoms with E-state index in [-0.39, 0.29) is 39.9 Å². The number of benzene rings is 1. The van der Waals surface area contributed by atoms with Crippen LogP contribution >= 0.6 is 0 Å². The molecule has 4 amide bonds. The van der Waals surface area contributed by atoms with Crippen molar-refractivity contribution in [2.75, 3.05) is 11.9 Å². The van der Waals surface area contributed by atoms with E-state index in [4.69, 9.17) is 5.21 Å². The smallest absolute Gasteiger partial charge is 0.319 e. The molecule has 198 valence electrons. The molecule has 1 aromatic carbocycles. The van der Waals surface area contributed by atoms with Crippen LogP contribution in [0.5, 0.6) is 0 Å². The van der Waals surface area contributed by atoms with Crippen molar-refractivity contribution in [3.8, 4) is 0 Å². The van der Waals surface area contributed by atoms with E-state index in [1.54, 1.807) is 5.48 Å². The van der Waals surface area contributed by atoms with Gasteiger partial charge in [0.15, 0.2) is 0 Å². The second-order valence-electron chi connectivity index (χ2n) is 12.1. The Labute approximate surface area is 212 Å². The number of amides is 4. The molecule has 4 fully saturated rings. The molecule has 4 aliphatic rings. The highest BCUT2D eigenvalue weighted by molar-refractivity contribution is 5.95. The number of rotatable bonds is 10. The number of nitrogens with one attached hydrogen (secondary N) is 4. The molecule has 5 rings (SSSR count). The van der Waals surface area contributed by atoms with Crippen LogP contribution in [-0.4, -0.2) is 35.1 Å². The van der Waals surface area contributed by atoms with Gasteiger partial charge in [-0.05, 0) is 86.3 Å². The molecule has 4 saturated carbocycles. The Morgan fingerprint density at radius 1 is 1.00 bits per heavy atom. The van der Waals surface area contributed by atoms with Gasteiger partial charge in [-0.25, -0.2) is 14.7 Å². The number of halogens is 1. The van der Waals surface area contributed by atoms with Crippen LogP contribution in [0.3, 0.4) is 0 Å². The molecule has 36 heavy (non-hydrogen) atoms. The minimum atomic E-state index is -0.649. The standard InChI is InChI=1S/C27H39FN4O4/c1-25-12-18-13-26(2,15-25)17-27(14-18,16-25)31-24(35)30-21-9-8-19(11-20(21)28)23(34)29-10-6-4-3-5-7-22(33)32-36/h8-9,11,18,36H,3-7,10,12-17H2,1-2H3,(H,29,34)(H,32,33)(H2,30,31,35). The van der Waals surface area contributed by atoms with E-state index in [1.807, 2.05) is 0 Å². The van der Waals surface area contributed by atoms with E-state index in [0.29, 0.717) is 18.9 Å². The lowest BCUT2D eigenvalue weighted by Gasteiger charge is -2.65. The molecule has 4 bridgehead atoms. The molecular formula is C27H39FN4O4. The molecule has 4 aliphatic carbocycles. The van der Waals surface area contributed by atoms with Crippen LogP contribution in [0.15, 0.2) is 18.2 Å². The van der Waals surface area contributed by atoms with E-state index in [0.717, 1.165) is 44.6 Å². The Morgan fingerprint density at radius 3 is 2.33 bits per heavy atom. The summed E-state index contributed by atoms with van der Waals surface area (Å²) in [5, 5.41) is 17.1. The van der Waals surface area contributed by atoms with E-state index in [2.05, 4.69) is 29.8 Å². The summed E-state index contributed by atoms with van der Waals surface area (Å²) in [4.78, 5) is 36.2. The quantitative estimate of drug-likeness (QED) is 0.178. The van der Waals surface area contributed by atoms with Crippen molar-refractivity contribution >= 4 is 23.5 Å². The Balaban J connectivity index is 1.24. The van der Waals surface area contributed by atoms with Gasteiger partial charge in [0.1, 0.15) is 5.82 Å². The van der Waals surface area contributed by atoms with Gasteiger partial charge in [-0.15, -0.1) is 0 Å². The predicted molar refractivity (Wildman–Crippen MR) is 134 cm³/mol. The molecule has 0 aromatic heterocycles. The summed E-state index contributed by atoms with van der Waals surface area (Å²) < 4.78 is 14.7. The highest BCUT2D eigenvalue weighted by atomic mass is 19.1. The monoisotopic (exact) mass is 502 g/mol. The van der Waals surface area contributed by atoms with Crippen molar-refractivity contribution in [2.45, 2.75) is 90.0 Å². The number of hydrogen-bond donors (Lipinski definition) is 5. The molecule has 0 saturated heterocycles. The number of unbranched alkanes of at least 4 members (excludes halogenated alkanes) is 3. The van der Waals surface area contributed by atoms with Crippen molar-refractivity contribution in [3.05, 3.63) is 29.6 Å². The summed E-state index contributed by atoms with van der Waals surface area (Å²) in [7, 11) is 0. The second-order valence-corrected chi connectivity index (χ2v) is 12.1. The van der Waals surface area contributed by atoms with E-state index in [1.165, 1.54) is 31.4 Å². The van der Waals surface area contributed by atoms with Crippen LogP contribution in [0.2, 0.25) is 0 Å². The van der Waals surface area contributed by atoms with Crippen LogP contribution in [0.25, 0.3) is 0 Å². The normalized spacial score (nSPS) is 30.1. The van der Waals surface area contributed by atoms with Gasteiger partial charge >= 0.3 is 6.03 Å². The zero-order valence-electron chi connectivity index (χ0n) is 21.3. The summed E-state index contributed by atoms with van der Waals surface area (Å²) in [6, 6.07) is 3.69. The topological polar surface area (TPSA) is 120 Å². The third-order valence-electron chi connectivity index (χ3n) is 8.23. The van der Waals surface area contributed by atoms with Gasteiger partial charge < -0.3 is 16.0 Å². The zero-order chi connectivity index (χ0) is 26.0. The number of hydrogen-bond acceptors (Lipinski definition) is 4. The molecule has 1 aromatic rings. The third kappa shape index (κ3) is 6.17. The minimum Gasteiger partial charge on any atom is -0.352 e. The number of urea groups is 1. The molecule has 5 N–H and O–H groups in total. The van der Waals surface area contributed by atoms with Gasteiger partial charge in [0, 0.05) is 24.1 Å². The maximum atomic E-state index is 14.7. The summed E-state index contributed by atoms with van der Waals surface area (Å²) in [5.74, 6) is -0.792. The van der Waals surface area contributed by atoms with Crippen LogP contribution in [0.4, 0.5) is 14.9 Å². The second kappa shape index (κ2) is 10.4. The van der Waals surface area contributed by atoms with Gasteiger partial charge in [-0.2, -0.15) is 0 Å². The Hall–Kier alpha value is -2.68. The lowest BCUT2D eigenvalue weighted by Crippen LogP contribution is -2.65. The Bertz CT molecular complexity index is 997. The van der Waals surface area contributed by atoms with Crippen molar-refractivity contribution in [1.82, 2.24) is 16.1 Å². The molecule has 2 unspecified atom stereocenters. The molecule has 0 radical (unpaired) electrons. The number of carbonyl (C=O) groups is 3. The first kappa shape index (κ1) is 26.4. The summed E-state index contributed by atoms with van der Waals surface area (Å²) >= 11 is 0. The minimum absolute atomic E-state index is 0.0538.